The Bertz CT molecular complexity index is 11.6. The fourth-order valence-corrected chi connectivity index (χ4v) is 0. The molecule has 0 N–H and O–H groups in total. The van der Waals surface area contributed by atoms with E-state index in [4.69, 9.17) is 0 Å². The van der Waals surface area contributed by atoms with E-state index < -0.39 is 0 Å². The molecule has 0 saturated heterocycles. The van der Waals surface area contributed by atoms with E-state index in [1.807, 2.05) is 0 Å². The summed E-state index contributed by atoms with van der Waals surface area (Å²) < 4.78 is 0. The zero-order valence-electron chi connectivity index (χ0n) is 1.53. The van der Waals surface area contributed by atoms with Gasteiger partial charge in [0.2, 0.25) is 0 Å². The Hall–Kier alpha value is 3.00. The van der Waals surface area contributed by atoms with Crippen LogP contribution in [0.5, 0.6) is 0 Å². The molecular weight excluding hydrogens is 271 g/mol. The molecule has 0 bridgehead atoms. The van der Waals surface area contributed by atoms with Gasteiger partial charge in [0.1, 0.15) is 0 Å². The van der Waals surface area contributed by atoms with Crippen LogP contribution in [0.3, 0.4) is 0 Å². The molecule has 0 aliphatic carbocycles. The number of hydrogen-bond acceptors (Lipinski definition) is 0. The molecule has 0 saturated carbocycles. The van der Waals surface area contributed by atoms with Crippen LogP contribution < -0.4 is 0 Å². The van der Waals surface area contributed by atoms with Crippen molar-refractivity contribution < 1.29 is 76.5 Å². The second kappa shape index (κ2) is 28.0. The Morgan fingerprint density at radius 3 is 1.00 bits per heavy atom. The molecule has 0 fully saturated rings. The zero-order chi connectivity index (χ0) is 0. The third-order valence-electron chi connectivity index (χ3n) is 0. The third-order valence-corrected chi connectivity index (χ3v) is 0. The maximum Gasteiger partial charge on any atom is 0 e. The Kier molecular flexibility index (Phi) is 244. The zero-order valence-corrected chi connectivity index (χ0v) is 7.19. The van der Waals surface area contributed by atoms with Crippen molar-refractivity contribution in [1.82, 2.24) is 0 Å². The summed E-state index contributed by atoms with van der Waals surface area (Å²) in [5.74, 6) is 0. The molecule has 32 valence electrons. The van der Waals surface area contributed by atoms with E-state index in [1.165, 1.54) is 0 Å². The molecule has 0 aromatic heterocycles. The smallest absolute Gasteiger partial charge is 0 e. The molecular formula is HCoLiMnNiZr. The van der Waals surface area contributed by atoms with Gasteiger partial charge in [-0.25, -0.2) is 0 Å². The average Bonchev–Trinajstić information content (AvgIpc) is 0. The SMILES string of the molecule is [Co].[LiH].[Mn].[Ni].[Zr]. The Balaban J connectivity index is 0. The van der Waals surface area contributed by atoms with Crippen LogP contribution in [-0.2, 0) is 76.5 Å². The van der Waals surface area contributed by atoms with Gasteiger partial charge >= 0.3 is 18.9 Å². The summed E-state index contributed by atoms with van der Waals surface area (Å²) in [6, 6.07) is 0. The predicted octanol–water partition coefficient (Wildman–Crippen LogP) is -0.659. The molecule has 2 radical (unpaired) electrons. The molecule has 0 atom stereocenters. The van der Waals surface area contributed by atoms with Crippen molar-refractivity contribution in [3.05, 3.63) is 0 Å². The van der Waals surface area contributed by atoms with Gasteiger partial charge in [-0.3, -0.25) is 0 Å². The van der Waals surface area contributed by atoms with Crippen molar-refractivity contribution in [2.75, 3.05) is 0 Å². The van der Waals surface area contributed by atoms with Crippen LogP contribution in [0, 0.1) is 0 Å². The quantitative estimate of drug-likeness (QED) is 0.514. The number of rotatable bonds is 0. The minimum atomic E-state index is 0. The maximum atomic E-state index is 0. The van der Waals surface area contributed by atoms with E-state index in [2.05, 4.69) is 0 Å². The minimum absolute atomic E-state index is 0. The van der Waals surface area contributed by atoms with E-state index in [-0.39, 0.29) is 95.4 Å². The molecule has 0 heterocycles. The summed E-state index contributed by atoms with van der Waals surface area (Å²) in [7, 11) is 0. The molecule has 0 aliphatic heterocycles. The molecule has 0 nitrogen and oxygen atoms in total. The van der Waals surface area contributed by atoms with Gasteiger partial charge < -0.3 is 0 Å². The van der Waals surface area contributed by atoms with Crippen molar-refractivity contribution in [2.45, 2.75) is 0 Å². The summed E-state index contributed by atoms with van der Waals surface area (Å²) >= 11 is 0. The van der Waals surface area contributed by atoms with Crippen molar-refractivity contribution in [1.29, 1.82) is 0 Å². The first-order valence-corrected chi connectivity index (χ1v) is 0. The van der Waals surface area contributed by atoms with Crippen molar-refractivity contribution in [2.24, 2.45) is 0 Å². The average molecular weight is 272 g/mol. The monoisotopic (exact) mass is 270 g/mol. The van der Waals surface area contributed by atoms with Gasteiger partial charge in [-0.1, -0.05) is 0 Å². The topological polar surface area (TPSA) is 0 Å². The van der Waals surface area contributed by atoms with Crippen LogP contribution in [0.4, 0.5) is 0 Å². The van der Waals surface area contributed by atoms with E-state index in [9.17, 15) is 0 Å². The van der Waals surface area contributed by atoms with E-state index in [1.54, 1.807) is 0 Å². The van der Waals surface area contributed by atoms with E-state index in [0.717, 1.165) is 0 Å². The van der Waals surface area contributed by atoms with Crippen LogP contribution >= 0.6 is 0 Å². The third kappa shape index (κ3) is 19.4. The minimum Gasteiger partial charge on any atom is 0 e. The first-order chi connectivity index (χ1) is 0. The normalized spacial score (nSPS) is 0. The van der Waals surface area contributed by atoms with E-state index in [0.29, 0.717) is 0 Å². The van der Waals surface area contributed by atoms with Crippen molar-refractivity contribution >= 4 is 18.9 Å². The van der Waals surface area contributed by atoms with Gasteiger partial charge in [0, 0.05) is 76.5 Å². The van der Waals surface area contributed by atoms with Crippen molar-refractivity contribution in [3.63, 3.8) is 0 Å². The molecule has 0 unspecified atom stereocenters. The van der Waals surface area contributed by atoms with Gasteiger partial charge in [-0.05, 0) is 0 Å². The molecule has 0 aliphatic rings. The fraction of sp³-hybridized carbons (Fsp3) is 0. The molecule has 0 aromatic rings. The fourth-order valence-electron chi connectivity index (χ4n) is 0. The van der Waals surface area contributed by atoms with Gasteiger partial charge in [0.15, 0.2) is 0 Å². The summed E-state index contributed by atoms with van der Waals surface area (Å²) in [5.41, 5.74) is 0. The second-order valence-electron chi connectivity index (χ2n) is 0. The van der Waals surface area contributed by atoms with Crippen molar-refractivity contribution in [3.8, 4) is 0 Å². The predicted molar refractivity (Wildman–Crippen MR) is 7.15 cm³/mol. The maximum absolute atomic E-state index is 0. The van der Waals surface area contributed by atoms with E-state index >= 15 is 0 Å². The Labute approximate surface area is 93.9 Å². The second-order valence-corrected chi connectivity index (χ2v) is 0. The molecule has 0 spiro atoms. The van der Waals surface area contributed by atoms with Gasteiger partial charge in [-0.15, -0.1) is 0 Å². The first-order valence-electron chi connectivity index (χ1n) is 0. The summed E-state index contributed by atoms with van der Waals surface area (Å²) in [6.45, 7) is 0. The van der Waals surface area contributed by atoms with Gasteiger partial charge in [0.05, 0.1) is 0 Å². The summed E-state index contributed by atoms with van der Waals surface area (Å²) in [5, 5.41) is 0. The first kappa shape index (κ1) is 43.6. The van der Waals surface area contributed by atoms with Crippen LogP contribution in [0.25, 0.3) is 0 Å². The van der Waals surface area contributed by atoms with Crippen LogP contribution in [0.1, 0.15) is 0 Å². The largest absolute Gasteiger partial charge is 0 e. The Morgan fingerprint density at radius 2 is 1.00 bits per heavy atom. The standard InChI is InChI=1S/Co.Li.Mn.Ni.Zr.H. The number of hydrogen-bond donors (Lipinski definition) is 0. The molecule has 5 heavy (non-hydrogen) atoms. The molecule has 5 heteroatoms. The Morgan fingerprint density at radius 1 is 1.00 bits per heavy atom. The molecule has 0 aromatic carbocycles. The van der Waals surface area contributed by atoms with Gasteiger partial charge in [0.25, 0.3) is 0 Å². The molecule has 0 rings (SSSR count). The van der Waals surface area contributed by atoms with Crippen LogP contribution in [0.2, 0.25) is 0 Å². The summed E-state index contributed by atoms with van der Waals surface area (Å²) in [6.07, 6.45) is 0. The summed E-state index contributed by atoms with van der Waals surface area (Å²) in [4.78, 5) is 0. The van der Waals surface area contributed by atoms with Crippen LogP contribution in [-0.4, -0.2) is 18.9 Å². The van der Waals surface area contributed by atoms with Crippen LogP contribution in [0.15, 0.2) is 0 Å². The van der Waals surface area contributed by atoms with Gasteiger partial charge in [-0.2, -0.15) is 0 Å². The molecule has 0 amide bonds.